The van der Waals surface area contributed by atoms with E-state index in [1.807, 2.05) is 32.8 Å². The van der Waals surface area contributed by atoms with E-state index < -0.39 is 0 Å². The van der Waals surface area contributed by atoms with Gasteiger partial charge in [-0.15, -0.1) is 0 Å². The number of likely N-dealkylation sites (N-methyl/N-ethyl adjacent to an activating group) is 1. The molecule has 0 spiro atoms. The highest BCUT2D eigenvalue weighted by molar-refractivity contribution is 5.76. The molecule has 0 aliphatic heterocycles. The van der Waals surface area contributed by atoms with Gasteiger partial charge in [-0.25, -0.2) is 0 Å². The summed E-state index contributed by atoms with van der Waals surface area (Å²) < 4.78 is 5.38. The number of carbonyl (C=O) groups is 1. The Morgan fingerprint density at radius 1 is 1.29 bits per heavy atom. The van der Waals surface area contributed by atoms with Gasteiger partial charge in [-0.3, -0.25) is 9.69 Å². The summed E-state index contributed by atoms with van der Waals surface area (Å²) in [4.78, 5) is 14.2. The number of esters is 1. The number of hydrogen-bond donors (Lipinski definition) is 0. The van der Waals surface area contributed by atoms with Crippen molar-refractivity contribution < 1.29 is 9.53 Å². The van der Waals surface area contributed by atoms with Gasteiger partial charge in [0.1, 0.15) is 6.04 Å². The van der Waals surface area contributed by atoms with Crippen molar-refractivity contribution in [1.29, 1.82) is 0 Å². The average molecular weight is 241 g/mol. The van der Waals surface area contributed by atoms with E-state index in [-0.39, 0.29) is 18.1 Å². The van der Waals surface area contributed by atoms with E-state index in [2.05, 4.69) is 6.92 Å². The van der Waals surface area contributed by atoms with Crippen molar-refractivity contribution in [3.8, 4) is 0 Å². The monoisotopic (exact) mass is 241 g/mol. The molecule has 17 heavy (non-hydrogen) atoms. The second kappa shape index (κ2) is 6.39. The first-order valence-electron chi connectivity index (χ1n) is 6.78. The molecule has 0 radical (unpaired) electrons. The van der Waals surface area contributed by atoms with Gasteiger partial charge >= 0.3 is 5.97 Å². The van der Waals surface area contributed by atoms with Gasteiger partial charge in [0, 0.05) is 0 Å². The molecular weight excluding hydrogens is 214 g/mol. The molecule has 0 N–H and O–H groups in total. The lowest BCUT2D eigenvalue weighted by molar-refractivity contribution is -0.155. The van der Waals surface area contributed by atoms with Crippen LogP contribution in [0.3, 0.4) is 0 Å². The van der Waals surface area contributed by atoms with Crippen molar-refractivity contribution in [3.05, 3.63) is 0 Å². The summed E-state index contributed by atoms with van der Waals surface area (Å²) in [5, 5.41) is 0. The summed E-state index contributed by atoms with van der Waals surface area (Å²) in [5.41, 5.74) is 0. The Balaban J connectivity index is 2.67. The van der Waals surface area contributed by atoms with E-state index in [0.29, 0.717) is 5.92 Å². The minimum Gasteiger partial charge on any atom is -0.462 e. The lowest BCUT2D eigenvalue weighted by Gasteiger charge is -2.35. The Kier molecular flexibility index (Phi) is 5.44. The number of ether oxygens (including phenoxy) is 1. The maximum absolute atomic E-state index is 12.1. The summed E-state index contributed by atoms with van der Waals surface area (Å²) in [6, 6.07) is -0.0693. The van der Waals surface area contributed by atoms with Crippen LogP contribution in [0.5, 0.6) is 0 Å². The van der Waals surface area contributed by atoms with Gasteiger partial charge in [-0.05, 0) is 52.6 Å². The summed E-state index contributed by atoms with van der Waals surface area (Å²) >= 11 is 0. The fraction of sp³-hybridized carbons (Fsp3) is 0.929. The van der Waals surface area contributed by atoms with E-state index in [1.165, 1.54) is 12.8 Å². The molecular formula is C14H27NO2. The highest BCUT2D eigenvalue weighted by Gasteiger charge is 2.34. The normalized spacial score (nSPS) is 27.2. The molecule has 0 aromatic heterocycles. The molecule has 1 aliphatic carbocycles. The molecule has 100 valence electrons. The van der Waals surface area contributed by atoms with Crippen LogP contribution in [0, 0.1) is 11.8 Å². The van der Waals surface area contributed by atoms with Crippen molar-refractivity contribution in [2.45, 2.75) is 58.6 Å². The van der Waals surface area contributed by atoms with Crippen LogP contribution in [0.1, 0.15) is 46.5 Å². The van der Waals surface area contributed by atoms with Gasteiger partial charge in [0.05, 0.1) is 6.10 Å². The van der Waals surface area contributed by atoms with Crippen LogP contribution < -0.4 is 0 Å². The van der Waals surface area contributed by atoms with Crippen LogP contribution in [0.25, 0.3) is 0 Å². The van der Waals surface area contributed by atoms with Crippen LogP contribution in [0.4, 0.5) is 0 Å². The summed E-state index contributed by atoms with van der Waals surface area (Å²) in [6.07, 6.45) is 4.82. The molecule has 0 aromatic carbocycles. The molecule has 0 aromatic rings. The van der Waals surface area contributed by atoms with Crippen molar-refractivity contribution in [1.82, 2.24) is 4.90 Å². The maximum Gasteiger partial charge on any atom is 0.323 e. The van der Waals surface area contributed by atoms with Crippen LogP contribution in [-0.4, -0.2) is 37.1 Å². The Morgan fingerprint density at radius 3 is 2.41 bits per heavy atom. The fourth-order valence-electron chi connectivity index (χ4n) is 2.89. The standard InChI is InChI=1S/C14H27NO2/c1-10(2)17-14(16)13(15(4)5)12-8-6-7-11(3)9-12/h10-13H,6-9H2,1-5H3. The second-order valence-corrected chi connectivity index (χ2v) is 5.93. The van der Waals surface area contributed by atoms with Gasteiger partial charge in [0.15, 0.2) is 0 Å². The third kappa shape index (κ3) is 4.30. The summed E-state index contributed by atoms with van der Waals surface area (Å²) in [7, 11) is 3.96. The van der Waals surface area contributed by atoms with Crippen LogP contribution in [0.15, 0.2) is 0 Å². The molecule has 3 heteroatoms. The van der Waals surface area contributed by atoms with Gasteiger partial charge in [-0.2, -0.15) is 0 Å². The Bertz CT molecular complexity index is 251. The molecule has 1 rings (SSSR count). The molecule has 3 unspecified atom stereocenters. The largest absolute Gasteiger partial charge is 0.462 e. The molecule has 0 saturated heterocycles. The number of rotatable bonds is 4. The first kappa shape index (κ1) is 14.5. The van der Waals surface area contributed by atoms with E-state index >= 15 is 0 Å². The Labute approximate surface area is 106 Å². The van der Waals surface area contributed by atoms with E-state index in [1.54, 1.807) is 0 Å². The minimum atomic E-state index is -0.0693. The van der Waals surface area contributed by atoms with E-state index in [9.17, 15) is 4.79 Å². The molecule has 0 heterocycles. The molecule has 3 nitrogen and oxygen atoms in total. The summed E-state index contributed by atoms with van der Waals surface area (Å²) in [5.74, 6) is 1.15. The third-order valence-corrected chi connectivity index (χ3v) is 3.57. The van der Waals surface area contributed by atoms with Crippen LogP contribution in [0.2, 0.25) is 0 Å². The highest BCUT2D eigenvalue weighted by Crippen LogP contribution is 2.32. The number of nitrogens with zero attached hydrogens (tertiary/aromatic N) is 1. The zero-order chi connectivity index (χ0) is 13.0. The first-order chi connectivity index (χ1) is 7.91. The average Bonchev–Trinajstić information content (AvgIpc) is 2.15. The van der Waals surface area contributed by atoms with Gasteiger partial charge in [0.2, 0.25) is 0 Å². The third-order valence-electron chi connectivity index (χ3n) is 3.57. The predicted octanol–water partition coefficient (Wildman–Crippen LogP) is 2.69. The SMILES string of the molecule is CC1CCCC(C(C(=O)OC(C)C)N(C)C)C1. The van der Waals surface area contributed by atoms with Gasteiger partial charge < -0.3 is 4.74 Å². The quantitative estimate of drug-likeness (QED) is 0.709. The number of hydrogen-bond acceptors (Lipinski definition) is 3. The zero-order valence-corrected chi connectivity index (χ0v) is 11.9. The predicted molar refractivity (Wildman–Crippen MR) is 69.8 cm³/mol. The van der Waals surface area contributed by atoms with E-state index in [4.69, 9.17) is 4.74 Å². The van der Waals surface area contributed by atoms with Crippen LogP contribution >= 0.6 is 0 Å². The van der Waals surface area contributed by atoms with Gasteiger partial charge in [0.25, 0.3) is 0 Å². The van der Waals surface area contributed by atoms with Crippen molar-refractivity contribution in [3.63, 3.8) is 0 Å². The smallest absolute Gasteiger partial charge is 0.323 e. The topological polar surface area (TPSA) is 29.5 Å². The molecule has 0 bridgehead atoms. The highest BCUT2D eigenvalue weighted by atomic mass is 16.5. The minimum absolute atomic E-state index is 0.0223. The lowest BCUT2D eigenvalue weighted by Crippen LogP contribution is -2.45. The van der Waals surface area contributed by atoms with Gasteiger partial charge in [-0.1, -0.05) is 19.8 Å². The molecule has 1 saturated carbocycles. The fourth-order valence-corrected chi connectivity index (χ4v) is 2.89. The number of carbonyl (C=O) groups excluding carboxylic acids is 1. The zero-order valence-electron chi connectivity index (χ0n) is 11.9. The Morgan fingerprint density at radius 2 is 1.94 bits per heavy atom. The first-order valence-corrected chi connectivity index (χ1v) is 6.78. The molecule has 1 fully saturated rings. The van der Waals surface area contributed by atoms with Crippen LogP contribution in [-0.2, 0) is 9.53 Å². The molecule has 0 amide bonds. The van der Waals surface area contributed by atoms with Crippen molar-refractivity contribution in [2.75, 3.05) is 14.1 Å². The second-order valence-electron chi connectivity index (χ2n) is 5.93. The van der Waals surface area contributed by atoms with Crippen molar-refractivity contribution >= 4 is 5.97 Å². The lowest BCUT2D eigenvalue weighted by atomic mass is 9.78. The molecule has 3 atom stereocenters. The Hall–Kier alpha value is -0.570. The van der Waals surface area contributed by atoms with E-state index in [0.717, 1.165) is 18.8 Å². The molecule has 1 aliphatic rings. The summed E-state index contributed by atoms with van der Waals surface area (Å²) in [6.45, 7) is 6.11. The maximum atomic E-state index is 12.1. The van der Waals surface area contributed by atoms with Crippen molar-refractivity contribution in [2.24, 2.45) is 11.8 Å².